The lowest BCUT2D eigenvalue weighted by molar-refractivity contribution is -0.140. The molecule has 1 heterocycles. The van der Waals surface area contributed by atoms with Crippen LogP contribution in [0.5, 0.6) is 0 Å². The van der Waals surface area contributed by atoms with Gasteiger partial charge in [0.25, 0.3) is 0 Å². The Morgan fingerprint density at radius 3 is 1.78 bits per heavy atom. The molecule has 0 spiro atoms. The molecule has 13 unspecified atom stereocenters. The molecule has 1 aliphatic rings. The Balaban J connectivity index is 2.40. The second-order valence-electron chi connectivity index (χ2n) is 22.3. The van der Waals surface area contributed by atoms with Crippen LogP contribution in [0.3, 0.4) is 0 Å². The summed E-state index contributed by atoms with van der Waals surface area (Å²) in [5, 5.41) is 47.1. The van der Waals surface area contributed by atoms with E-state index >= 15 is 0 Å². The van der Waals surface area contributed by atoms with E-state index in [0.717, 1.165) is 39.5 Å². The van der Waals surface area contributed by atoms with Gasteiger partial charge in [-0.15, -0.1) is 0 Å². The minimum Gasteiger partial charge on any atom is -0.391 e. The van der Waals surface area contributed by atoms with Gasteiger partial charge < -0.3 is 91.2 Å². The van der Waals surface area contributed by atoms with E-state index in [2.05, 4.69) is 65.1 Å². The van der Waals surface area contributed by atoms with Gasteiger partial charge in [-0.05, 0) is 89.8 Å². The van der Waals surface area contributed by atoms with Gasteiger partial charge >= 0.3 is 0 Å². The number of likely N-dealkylation sites (tertiary alicyclic amines) is 1. The Kier molecular flexibility index (Phi) is 37.9. The van der Waals surface area contributed by atoms with E-state index in [1.54, 1.807) is 64.4 Å². The van der Waals surface area contributed by atoms with E-state index in [1.165, 1.54) is 38.2 Å². The number of primary amides is 2. The van der Waals surface area contributed by atoms with Crippen molar-refractivity contribution in [2.45, 2.75) is 191 Å². The van der Waals surface area contributed by atoms with Crippen molar-refractivity contribution < 1.29 is 67.7 Å². The molecule has 1 aromatic carbocycles. The molecule has 0 radical (unpaired) electrons. The van der Waals surface area contributed by atoms with E-state index in [-0.39, 0.29) is 49.8 Å². The lowest BCUT2D eigenvalue weighted by Crippen LogP contribution is -2.63. The smallest absolute Gasteiger partial charge is 0.245 e. The maximum absolute atomic E-state index is 14.4. The van der Waals surface area contributed by atoms with Crippen LogP contribution < -0.4 is 76.1 Å². The highest BCUT2D eigenvalue weighted by Gasteiger charge is 2.40. The summed E-state index contributed by atoms with van der Waals surface area (Å²) < 4.78 is 0. The molecule has 1 aromatic rings. The van der Waals surface area contributed by atoms with E-state index in [1.807, 2.05) is 0 Å². The predicted octanol–water partition coefficient (Wildman–Crippen LogP) is -3.24. The normalized spacial score (nSPS) is 16.8. The second-order valence-corrected chi connectivity index (χ2v) is 25.9. The number of unbranched alkanes of at least 4 members (excludes halogenated alkanes) is 3. The number of likely N-dealkylation sites (N-methyl/N-ethyl adjacent to an activating group) is 1. The maximum atomic E-state index is 14.4. The lowest BCUT2D eigenvalue weighted by Gasteiger charge is -2.29. The zero-order chi connectivity index (χ0) is 68.3. The topological polar surface area (TPSA) is 485 Å². The lowest BCUT2D eigenvalue weighted by atomic mass is 9.98. The van der Waals surface area contributed by atoms with Crippen LogP contribution in [-0.2, 0) is 64.0 Å². The van der Waals surface area contributed by atoms with Gasteiger partial charge in [0.05, 0.1) is 31.2 Å². The third-order valence-electron chi connectivity index (χ3n) is 14.8. The van der Waals surface area contributed by atoms with Gasteiger partial charge in [-0.2, -0.15) is 11.8 Å². The van der Waals surface area contributed by atoms with Crippen molar-refractivity contribution in [1.82, 2.24) is 58.1 Å². The van der Waals surface area contributed by atoms with E-state index in [0.29, 0.717) is 42.9 Å². The number of hydrogen-bond acceptors (Lipinski definition) is 19. The summed E-state index contributed by atoms with van der Waals surface area (Å²) in [6.45, 7) is 9.17. The Morgan fingerprint density at radius 2 is 1.21 bits per heavy atom. The number of aliphatic hydroxyl groups excluding tert-OH is 2. The number of rotatable bonds is 44. The highest BCUT2D eigenvalue weighted by atomic mass is 33.1. The summed E-state index contributed by atoms with van der Waals surface area (Å²) in [5.74, 6) is -10.0. The standard InChI is InChI=1S/C58H98N16O14S3/c1-9-11-12-16-26-90-91-31-41(52(83)72-47(35(6)76)56(87)73-46(34(5)75)55(86)68-39(48(60)79)29-43(59)77)70-54(85)45(32(3)10-2)71-44(78)30-65-49(80)38(23-27-89-8)67-50(81)37(21-17-24-64-58(61)62)66-51(82)40(28-36-19-14-13-15-20-36)69-53(84)42-22-18-25-74(42)57(88)33(4)63-7/h13-15,19-20,32-35,37-42,45-47,63,75-76H,9-12,16-18,21-31H2,1-8H3,(H2,59,77)(H2,60,79)(H,65,80)(H,66,82)(H,67,81)(H,68,86)(H,69,84)(H,70,85)(H,71,78)(H,72,83)(H,73,87)(H4,61,62,64). The Bertz CT molecular complexity index is 2590. The molecule has 13 atom stereocenters. The SMILES string of the molecule is CCCCCCSSCC(NC(=O)C(NC(=O)CNC(=O)C(CCSC)NC(=O)C(CCCN=C(N)N)NC(=O)C(Cc1ccccc1)NC(=O)C1CCCN1C(=O)C(C)NC)C(C)CC)C(=O)NC(C(=O)NC(C(=O)NC(CC(N)=O)C(N)=O)C(C)O)C(C)O. The molecule has 0 saturated carbocycles. The van der Waals surface area contributed by atoms with Crippen molar-refractivity contribution >= 4 is 110 Å². The van der Waals surface area contributed by atoms with Crippen LogP contribution in [0.2, 0.25) is 0 Å². The van der Waals surface area contributed by atoms with Gasteiger partial charge in [-0.1, -0.05) is 98.4 Å². The van der Waals surface area contributed by atoms with Crippen molar-refractivity contribution in [2.75, 3.05) is 50.2 Å². The number of thioether (sulfide) groups is 1. The summed E-state index contributed by atoms with van der Waals surface area (Å²) in [4.78, 5) is 168. The number of aliphatic imine (C=N–C) groups is 1. The Hall–Kier alpha value is -6.94. The average molecular weight is 1340 g/mol. The van der Waals surface area contributed by atoms with Crippen LogP contribution >= 0.6 is 33.3 Å². The van der Waals surface area contributed by atoms with Crippen molar-refractivity contribution in [2.24, 2.45) is 33.8 Å². The fourth-order valence-electron chi connectivity index (χ4n) is 9.24. The van der Waals surface area contributed by atoms with Crippen molar-refractivity contribution in [3.05, 3.63) is 35.9 Å². The van der Waals surface area contributed by atoms with Crippen molar-refractivity contribution in [3.8, 4) is 0 Å². The molecular weight excluding hydrogens is 1240 g/mol. The minimum absolute atomic E-state index is 0.0102. The van der Waals surface area contributed by atoms with E-state index in [9.17, 15) is 67.7 Å². The number of aliphatic hydroxyl groups is 2. The van der Waals surface area contributed by atoms with Crippen LogP contribution in [0.15, 0.2) is 35.3 Å². The molecule has 0 bridgehead atoms. The van der Waals surface area contributed by atoms with Crippen LogP contribution in [-0.4, -0.2) is 215 Å². The van der Waals surface area contributed by atoms with Crippen LogP contribution in [0.1, 0.15) is 118 Å². The van der Waals surface area contributed by atoms with Gasteiger partial charge in [0.15, 0.2) is 5.96 Å². The third kappa shape index (κ3) is 29.5. The quantitative estimate of drug-likeness (QED) is 0.0132. The van der Waals surface area contributed by atoms with Gasteiger partial charge in [-0.25, -0.2) is 0 Å². The minimum atomic E-state index is -1.81. The molecule has 30 nitrogen and oxygen atoms in total. The summed E-state index contributed by atoms with van der Waals surface area (Å²) in [6, 6.07) is -4.32. The number of hydrogen-bond donors (Lipinski definition) is 16. The zero-order valence-electron chi connectivity index (χ0n) is 53.3. The molecule has 12 amide bonds. The highest BCUT2D eigenvalue weighted by Crippen LogP contribution is 2.25. The number of nitrogens with two attached hydrogens (primary N) is 4. The number of nitrogens with one attached hydrogen (secondary N) is 10. The molecule has 1 fully saturated rings. The number of benzene rings is 1. The van der Waals surface area contributed by atoms with Crippen LogP contribution in [0, 0.1) is 5.92 Å². The van der Waals surface area contributed by atoms with Crippen molar-refractivity contribution in [1.29, 1.82) is 0 Å². The molecule has 20 N–H and O–H groups in total. The van der Waals surface area contributed by atoms with Crippen LogP contribution in [0.4, 0.5) is 0 Å². The third-order valence-corrected chi connectivity index (χ3v) is 18.0. The number of nitrogens with zero attached hydrogens (tertiary/aromatic N) is 2. The summed E-state index contributed by atoms with van der Waals surface area (Å²) in [6.07, 6.45) is 3.14. The zero-order valence-corrected chi connectivity index (χ0v) is 55.8. The predicted molar refractivity (Wildman–Crippen MR) is 350 cm³/mol. The van der Waals surface area contributed by atoms with E-state index < -0.39 is 156 Å². The Labute approximate surface area is 544 Å². The monoisotopic (exact) mass is 1340 g/mol. The average Bonchev–Trinajstić information content (AvgIpc) is 2.05. The molecule has 0 aromatic heterocycles. The van der Waals surface area contributed by atoms with Gasteiger partial charge in [-0.3, -0.25) is 62.5 Å². The fraction of sp³-hybridized carbons (Fsp3) is 0.672. The van der Waals surface area contributed by atoms with Gasteiger partial charge in [0.1, 0.15) is 54.4 Å². The molecule has 91 heavy (non-hydrogen) atoms. The second kappa shape index (κ2) is 43.0. The largest absolute Gasteiger partial charge is 0.391 e. The summed E-state index contributed by atoms with van der Waals surface area (Å²) in [7, 11) is 4.30. The highest BCUT2D eigenvalue weighted by molar-refractivity contribution is 8.76. The molecule has 2 rings (SSSR count). The van der Waals surface area contributed by atoms with Crippen molar-refractivity contribution in [3.63, 3.8) is 0 Å². The first-order valence-electron chi connectivity index (χ1n) is 30.5. The summed E-state index contributed by atoms with van der Waals surface area (Å²) in [5.41, 5.74) is 22.3. The summed E-state index contributed by atoms with van der Waals surface area (Å²) >= 11 is 1.37. The number of amides is 12. The number of carbonyl (C=O) groups excluding carboxylic acids is 12. The first kappa shape index (κ1) is 80.2. The number of carbonyl (C=O) groups is 12. The Morgan fingerprint density at radius 1 is 0.637 bits per heavy atom. The first-order chi connectivity index (χ1) is 43.1. The van der Waals surface area contributed by atoms with Crippen LogP contribution in [0.25, 0.3) is 0 Å². The molecule has 1 saturated heterocycles. The van der Waals surface area contributed by atoms with Gasteiger partial charge in [0, 0.05) is 31.0 Å². The molecule has 1 aliphatic heterocycles. The number of guanidine groups is 1. The first-order valence-corrected chi connectivity index (χ1v) is 34.4. The molecule has 0 aliphatic carbocycles. The maximum Gasteiger partial charge on any atom is 0.245 e. The fourth-order valence-corrected chi connectivity index (χ4v) is 12.0. The molecule has 512 valence electrons. The van der Waals surface area contributed by atoms with E-state index in [4.69, 9.17) is 22.9 Å². The molecular formula is C58H98N16O14S3. The van der Waals surface area contributed by atoms with Gasteiger partial charge in [0.2, 0.25) is 70.9 Å². The molecule has 33 heteroatoms.